The Balaban J connectivity index is 1.65. The van der Waals surface area contributed by atoms with E-state index in [1.54, 1.807) is 12.1 Å². The number of amides is 1. The summed E-state index contributed by atoms with van der Waals surface area (Å²) in [4.78, 5) is 27.3. The van der Waals surface area contributed by atoms with Crippen LogP contribution in [0.15, 0.2) is 36.4 Å². The molecule has 2 aromatic carbocycles. The van der Waals surface area contributed by atoms with Gasteiger partial charge in [0.2, 0.25) is 0 Å². The topological polar surface area (TPSA) is 145 Å². The minimum Gasteiger partial charge on any atom is -0.406 e. The van der Waals surface area contributed by atoms with Crippen molar-refractivity contribution < 1.29 is 27.5 Å². The van der Waals surface area contributed by atoms with Crippen LogP contribution in [0, 0.1) is 0 Å². The molecule has 0 bridgehead atoms. The predicted octanol–water partition coefficient (Wildman–Crippen LogP) is 2.65. The minimum atomic E-state index is -4.92. The molecule has 36 heavy (non-hydrogen) atoms. The lowest BCUT2D eigenvalue weighted by atomic mass is 9.70. The SMILES string of the molecule is Nc1ccc2c3c(c(C(=O)NC4CCCNC4)sc13)C(N)C(=O)C2(N)c1cccc(OC(F)(F)F)c1. The number of benzene rings is 2. The number of carbonyl (C=O) groups excluding carboxylic acids is 2. The number of carbonyl (C=O) groups is 2. The van der Waals surface area contributed by atoms with Crippen LogP contribution in [0.1, 0.15) is 45.2 Å². The van der Waals surface area contributed by atoms with Gasteiger partial charge in [0.1, 0.15) is 11.3 Å². The summed E-state index contributed by atoms with van der Waals surface area (Å²) in [7, 11) is 0. The molecular formula is C24H24F3N5O3S. The third kappa shape index (κ3) is 3.99. The molecule has 1 aliphatic heterocycles. The van der Waals surface area contributed by atoms with Crippen LogP contribution in [0.5, 0.6) is 5.75 Å². The molecule has 0 spiro atoms. The van der Waals surface area contributed by atoms with Gasteiger partial charge in [-0.1, -0.05) is 18.2 Å². The van der Waals surface area contributed by atoms with E-state index in [2.05, 4.69) is 15.4 Å². The van der Waals surface area contributed by atoms with Crippen molar-refractivity contribution in [2.45, 2.75) is 36.8 Å². The number of hydrogen-bond acceptors (Lipinski definition) is 8. The van der Waals surface area contributed by atoms with Crippen molar-refractivity contribution in [1.82, 2.24) is 10.6 Å². The molecule has 0 saturated carbocycles. The molecule has 3 aromatic rings. The van der Waals surface area contributed by atoms with E-state index in [1.165, 1.54) is 12.1 Å². The Kier molecular flexibility index (Phi) is 5.94. The Morgan fingerprint density at radius 2 is 2.03 bits per heavy atom. The maximum atomic E-state index is 13.7. The Morgan fingerprint density at radius 3 is 2.72 bits per heavy atom. The standard InChI is InChI=1S/C24H24F3N5O3S/c25-24(26,27)35-13-5-1-3-11(9-13)23(30)14-6-7-15(28)19-16(14)17(18(29)21(23)33)20(36-19)22(34)32-12-4-2-8-31-10-12/h1,3,5-7,9,12,18,31H,2,4,8,10,28-30H2,(H,32,34). The summed E-state index contributed by atoms with van der Waals surface area (Å²) in [6, 6.07) is 6.70. The number of thiophene rings is 1. The number of anilines is 1. The average molecular weight is 520 g/mol. The molecule has 1 aromatic heterocycles. The van der Waals surface area contributed by atoms with Gasteiger partial charge in [0, 0.05) is 29.2 Å². The summed E-state index contributed by atoms with van der Waals surface area (Å²) in [5.41, 5.74) is 18.5. The van der Waals surface area contributed by atoms with E-state index in [1.807, 2.05) is 0 Å². The molecule has 2 aliphatic rings. The molecule has 1 fully saturated rings. The van der Waals surface area contributed by atoms with Crippen molar-refractivity contribution in [2.24, 2.45) is 11.5 Å². The summed E-state index contributed by atoms with van der Waals surface area (Å²) in [5, 5.41) is 6.71. The zero-order valence-corrected chi connectivity index (χ0v) is 19.8. The number of ketones is 1. The highest BCUT2D eigenvalue weighted by molar-refractivity contribution is 7.21. The van der Waals surface area contributed by atoms with E-state index < -0.39 is 29.5 Å². The van der Waals surface area contributed by atoms with Gasteiger partial charge in [-0.2, -0.15) is 0 Å². The van der Waals surface area contributed by atoms with Gasteiger partial charge in [-0.3, -0.25) is 9.59 Å². The second kappa shape index (κ2) is 8.73. The Morgan fingerprint density at radius 1 is 1.25 bits per heavy atom. The van der Waals surface area contributed by atoms with Gasteiger partial charge in [-0.15, -0.1) is 24.5 Å². The number of nitrogens with one attached hydrogen (secondary N) is 2. The lowest BCUT2D eigenvalue weighted by Crippen LogP contribution is -2.52. The summed E-state index contributed by atoms with van der Waals surface area (Å²) in [6.07, 6.45) is -3.18. The molecule has 3 unspecified atom stereocenters. The van der Waals surface area contributed by atoms with Crippen molar-refractivity contribution >= 4 is 38.8 Å². The summed E-state index contributed by atoms with van der Waals surface area (Å²) in [6.45, 7) is 1.51. The Hall–Kier alpha value is -3.19. The maximum Gasteiger partial charge on any atom is 0.573 e. The first-order valence-electron chi connectivity index (χ1n) is 11.3. The van der Waals surface area contributed by atoms with Crippen LogP contribution in [0.25, 0.3) is 10.1 Å². The number of nitrogens with two attached hydrogens (primary N) is 3. The Labute approximate surface area is 208 Å². The predicted molar refractivity (Wildman–Crippen MR) is 130 cm³/mol. The zero-order chi connectivity index (χ0) is 25.8. The van der Waals surface area contributed by atoms with E-state index >= 15 is 0 Å². The lowest BCUT2D eigenvalue weighted by Gasteiger charge is -2.36. The van der Waals surface area contributed by atoms with Gasteiger partial charge in [-0.25, -0.2) is 0 Å². The van der Waals surface area contributed by atoms with Crippen LogP contribution in [-0.2, 0) is 10.3 Å². The minimum absolute atomic E-state index is 0.0685. The van der Waals surface area contributed by atoms with Gasteiger partial charge < -0.3 is 32.6 Å². The molecule has 190 valence electrons. The molecule has 1 amide bonds. The van der Waals surface area contributed by atoms with Gasteiger partial charge in [0.15, 0.2) is 5.78 Å². The number of ether oxygens (including phenoxy) is 1. The van der Waals surface area contributed by atoms with Crippen LogP contribution in [0.2, 0.25) is 0 Å². The second-order valence-corrected chi connectivity index (χ2v) is 10.0. The molecule has 3 atom stereocenters. The third-order valence-electron chi connectivity index (χ3n) is 6.67. The van der Waals surface area contributed by atoms with Crippen molar-refractivity contribution in [3.63, 3.8) is 0 Å². The number of alkyl halides is 3. The van der Waals surface area contributed by atoms with Crippen molar-refractivity contribution in [1.29, 1.82) is 0 Å². The van der Waals surface area contributed by atoms with E-state index in [0.29, 0.717) is 33.4 Å². The smallest absolute Gasteiger partial charge is 0.406 e. The zero-order valence-electron chi connectivity index (χ0n) is 18.9. The first-order chi connectivity index (χ1) is 17.0. The fourth-order valence-electron chi connectivity index (χ4n) is 5.01. The third-order valence-corrected chi connectivity index (χ3v) is 7.93. The number of halogens is 3. The second-order valence-electron chi connectivity index (χ2n) is 8.99. The van der Waals surface area contributed by atoms with Crippen molar-refractivity contribution in [3.8, 4) is 5.75 Å². The van der Waals surface area contributed by atoms with Crippen molar-refractivity contribution in [3.05, 3.63) is 58.0 Å². The largest absolute Gasteiger partial charge is 0.573 e. The highest BCUT2D eigenvalue weighted by atomic mass is 32.1. The maximum absolute atomic E-state index is 13.7. The van der Waals surface area contributed by atoms with E-state index in [4.69, 9.17) is 17.2 Å². The first-order valence-corrected chi connectivity index (χ1v) is 12.1. The average Bonchev–Trinajstić information content (AvgIpc) is 3.24. The van der Waals surface area contributed by atoms with Crippen LogP contribution in [0.3, 0.4) is 0 Å². The summed E-state index contributed by atoms with van der Waals surface area (Å²) >= 11 is 1.12. The molecule has 1 aliphatic carbocycles. The number of nitrogen functional groups attached to an aromatic ring is 1. The molecule has 8 nitrogen and oxygen atoms in total. The van der Waals surface area contributed by atoms with Crippen LogP contribution in [-0.4, -0.2) is 37.2 Å². The highest BCUT2D eigenvalue weighted by Gasteiger charge is 2.49. The van der Waals surface area contributed by atoms with Crippen molar-refractivity contribution in [2.75, 3.05) is 18.8 Å². The molecule has 1 saturated heterocycles. The van der Waals surface area contributed by atoms with Crippen LogP contribution >= 0.6 is 11.3 Å². The number of Topliss-reactive ketones (excluding diaryl/α,β-unsaturated/α-hetero) is 1. The molecular weight excluding hydrogens is 495 g/mol. The molecule has 0 radical (unpaired) electrons. The normalized spacial score (nSPS) is 24.1. The van der Waals surface area contributed by atoms with E-state index in [9.17, 15) is 22.8 Å². The quantitative estimate of drug-likeness (QED) is 0.333. The van der Waals surface area contributed by atoms with Gasteiger partial charge in [0.05, 0.1) is 15.6 Å². The van der Waals surface area contributed by atoms with Crippen LogP contribution < -0.4 is 32.6 Å². The molecule has 5 rings (SSSR count). The van der Waals surface area contributed by atoms with Gasteiger partial charge >= 0.3 is 6.36 Å². The number of piperidine rings is 1. The highest BCUT2D eigenvalue weighted by Crippen LogP contribution is 2.49. The monoisotopic (exact) mass is 519 g/mol. The Bertz CT molecular complexity index is 1370. The fourth-order valence-corrected chi connectivity index (χ4v) is 6.21. The molecule has 12 heteroatoms. The summed E-state index contributed by atoms with van der Waals surface area (Å²) in [5.74, 6) is -1.54. The first kappa shape index (κ1) is 24.5. The number of hydrogen-bond donors (Lipinski definition) is 5. The fraction of sp³-hybridized carbons (Fsp3) is 0.333. The number of rotatable bonds is 4. The lowest BCUT2D eigenvalue weighted by molar-refractivity contribution is -0.274. The van der Waals surface area contributed by atoms with Gasteiger partial charge in [-0.05, 0) is 48.7 Å². The van der Waals surface area contributed by atoms with Gasteiger partial charge in [0.25, 0.3) is 5.91 Å². The summed E-state index contributed by atoms with van der Waals surface area (Å²) < 4.78 is 43.1. The van der Waals surface area contributed by atoms with Crippen LogP contribution in [0.4, 0.5) is 18.9 Å². The molecule has 2 heterocycles. The van der Waals surface area contributed by atoms with E-state index in [-0.39, 0.29) is 22.4 Å². The molecule has 8 N–H and O–H groups in total. The van der Waals surface area contributed by atoms with E-state index in [0.717, 1.165) is 42.9 Å².